The molecule has 9 nitrogen and oxygen atoms in total. The molecule has 1 aliphatic heterocycles. The van der Waals surface area contributed by atoms with Crippen LogP contribution in [0.2, 0.25) is 0 Å². The van der Waals surface area contributed by atoms with E-state index in [1.54, 1.807) is 6.08 Å². The highest BCUT2D eigenvalue weighted by molar-refractivity contribution is 5.76. The van der Waals surface area contributed by atoms with Gasteiger partial charge in [-0.25, -0.2) is 0 Å². The molecule has 0 aliphatic carbocycles. The van der Waals surface area contributed by atoms with Crippen LogP contribution in [0.5, 0.6) is 0 Å². The Morgan fingerprint density at radius 2 is 0.912 bits per heavy atom. The summed E-state index contributed by atoms with van der Waals surface area (Å²) in [5, 5.41) is 54.4. The number of aliphatic hydroxyl groups excluding tert-OH is 5. The zero-order valence-electron chi connectivity index (χ0n) is 43.6. The predicted molar refractivity (Wildman–Crippen MR) is 285 cm³/mol. The number of allylic oxidation sites excluding steroid dienone is 11. The van der Waals surface area contributed by atoms with Crippen molar-refractivity contribution in [1.82, 2.24) is 5.32 Å². The van der Waals surface area contributed by atoms with E-state index in [1.807, 2.05) is 6.08 Å². The van der Waals surface area contributed by atoms with Crippen molar-refractivity contribution in [1.29, 1.82) is 0 Å². The van der Waals surface area contributed by atoms with Crippen LogP contribution in [0.3, 0.4) is 0 Å². The molecule has 0 radical (unpaired) electrons. The van der Waals surface area contributed by atoms with E-state index in [0.717, 1.165) is 70.6 Å². The summed E-state index contributed by atoms with van der Waals surface area (Å²) in [4.78, 5) is 13.0. The van der Waals surface area contributed by atoms with Crippen LogP contribution in [0, 0.1) is 0 Å². The molecule has 0 bridgehead atoms. The van der Waals surface area contributed by atoms with Crippen LogP contribution in [0.15, 0.2) is 72.9 Å². The molecule has 68 heavy (non-hydrogen) atoms. The number of carbonyl (C=O) groups is 1. The molecule has 0 aromatic rings. The van der Waals surface area contributed by atoms with Gasteiger partial charge in [-0.1, -0.05) is 241 Å². The smallest absolute Gasteiger partial charge is 0.220 e. The average molecular weight is 956 g/mol. The van der Waals surface area contributed by atoms with Gasteiger partial charge in [0.15, 0.2) is 6.29 Å². The number of carbonyl (C=O) groups excluding carboxylic acids is 1. The maximum atomic E-state index is 13.0. The van der Waals surface area contributed by atoms with E-state index in [4.69, 9.17) is 9.47 Å². The standard InChI is InChI=1S/C59H105NO8/c1-3-5-7-9-11-13-15-17-19-20-21-22-23-24-25-26-27-28-29-30-31-32-33-34-35-37-39-41-43-45-47-49-55(63)60-52(51-67-59-58(66)57(65)56(64)54(50-61)68-59)53(62)48-46-44-42-40-38-36-18-16-14-12-10-8-6-4-2/h5,7,11,13,17,19,21-22,24-25,46,48,52-54,56-59,61-62,64-66H,3-4,6,8-10,12,14-16,18,20,23,26-45,47,49-51H2,1-2H3,(H,60,63)/b7-5-,13-11-,19-17-,22-21-,25-24-,48-46+. The second-order valence-corrected chi connectivity index (χ2v) is 19.4. The van der Waals surface area contributed by atoms with Crippen LogP contribution in [0.25, 0.3) is 0 Å². The van der Waals surface area contributed by atoms with Crippen molar-refractivity contribution in [2.24, 2.45) is 0 Å². The quantitative estimate of drug-likeness (QED) is 0.0261. The molecule has 1 heterocycles. The van der Waals surface area contributed by atoms with Crippen molar-refractivity contribution in [2.75, 3.05) is 13.2 Å². The van der Waals surface area contributed by atoms with Crippen LogP contribution >= 0.6 is 0 Å². The first-order valence-corrected chi connectivity index (χ1v) is 28.2. The third-order valence-corrected chi connectivity index (χ3v) is 13.0. The molecule has 0 spiro atoms. The highest BCUT2D eigenvalue weighted by Crippen LogP contribution is 2.23. The first-order valence-electron chi connectivity index (χ1n) is 28.2. The number of rotatable bonds is 47. The van der Waals surface area contributed by atoms with Gasteiger partial charge < -0.3 is 40.3 Å². The Labute approximate surface area is 417 Å². The number of aliphatic hydroxyl groups is 5. The molecular formula is C59H105NO8. The maximum Gasteiger partial charge on any atom is 0.220 e. The highest BCUT2D eigenvalue weighted by Gasteiger charge is 2.44. The Morgan fingerprint density at radius 1 is 0.515 bits per heavy atom. The number of ether oxygens (including phenoxy) is 2. The van der Waals surface area contributed by atoms with E-state index in [-0.39, 0.29) is 12.5 Å². The molecule has 0 aromatic carbocycles. The molecule has 0 aromatic heterocycles. The van der Waals surface area contributed by atoms with Gasteiger partial charge >= 0.3 is 0 Å². The Balaban J connectivity index is 2.17. The van der Waals surface area contributed by atoms with Gasteiger partial charge in [0.1, 0.15) is 24.4 Å². The van der Waals surface area contributed by atoms with E-state index in [2.05, 4.69) is 79.9 Å². The molecular weight excluding hydrogens is 851 g/mol. The third-order valence-electron chi connectivity index (χ3n) is 13.0. The number of nitrogens with one attached hydrogen (secondary N) is 1. The van der Waals surface area contributed by atoms with Gasteiger partial charge in [-0.2, -0.15) is 0 Å². The highest BCUT2D eigenvalue weighted by atomic mass is 16.7. The second kappa shape index (κ2) is 48.3. The number of hydrogen-bond acceptors (Lipinski definition) is 8. The molecule has 9 heteroatoms. The summed E-state index contributed by atoms with van der Waals surface area (Å²) < 4.78 is 11.2. The lowest BCUT2D eigenvalue weighted by Gasteiger charge is -2.40. The molecule has 6 N–H and O–H groups in total. The molecule has 0 saturated carbocycles. The molecule has 394 valence electrons. The van der Waals surface area contributed by atoms with Crippen molar-refractivity contribution in [2.45, 2.75) is 281 Å². The molecule has 1 saturated heterocycles. The molecule has 1 amide bonds. The lowest BCUT2D eigenvalue weighted by molar-refractivity contribution is -0.302. The summed E-state index contributed by atoms with van der Waals surface area (Å²) in [6.07, 6.45) is 59.6. The molecule has 7 atom stereocenters. The van der Waals surface area contributed by atoms with Gasteiger partial charge in [0.2, 0.25) is 5.91 Å². The third kappa shape index (κ3) is 37.5. The Morgan fingerprint density at radius 3 is 1.35 bits per heavy atom. The molecule has 1 aliphatic rings. The topological polar surface area (TPSA) is 149 Å². The fourth-order valence-electron chi connectivity index (χ4n) is 8.60. The lowest BCUT2D eigenvalue weighted by atomic mass is 9.99. The van der Waals surface area contributed by atoms with E-state index >= 15 is 0 Å². The fourth-order valence-corrected chi connectivity index (χ4v) is 8.60. The summed E-state index contributed by atoms with van der Waals surface area (Å²) in [6.45, 7) is 3.66. The summed E-state index contributed by atoms with van der Waals surface area (Å²) in [5.41, 5.74) is 0. The van der Waals surface area contributed by atoms with E-state index in [1.165, 1.54) is 148 Å². The fraction of sp³-hybridized carbons (Fsp3) is 0.780. The first kappa shape index (κ1) is 63.6. The zero-order valence-corrected chi connectivity index (χ0v) is 43.6. The molecule has 7 unspecified atom stereocenters. The van der Waals surface area contributed by atoms with Crippen LogP contribution in [-0.2, 0) is 14.3 Å². The average Bonchev–Trinajstić information content (AvgIpc) is 3.34. The Bertz CT molecular complexity index is 1290. The maximum absolute atomic E-state index is 13.0. The minimum absolute atomic E-state index is 0.179. The van der Waals surface area contributed by atoms with Gasteiger partial charge in [0.05, 0.1) is 25.4 Å². The van der Waals surface area contributed by atoms with Crippen molar-refractivity contribution >= 4 is 5.91 Å². The predicted octanol–water partition coefficient (Wildman–Crippen LogP) is 13.7. The Kier molecular flexibility index (Phi) is 45.2. The normalized spacial score (nSPS) is 20.1. The minimum atomic E-state index is -1.57. The zero-order chi connectivity index (χ0) is 49.4. The minimum Gasteiger partial charge on any atom is -0.394 e. The second-order valence-electron chi connectivity index (χ2n) is 19.4. The van der Waals surface area contributed by atoms with Crippen LogP contribution < -0.4 is 5.32 Å². The number of hydrogen-bond donors (Lipinski definition) is 6. The van der Waals surface area contributed by atoms with Gasteiger partial charge in [-0.15, -0.1) is 0 Å². The number of unbranched alkanes of at least 4 members (excludes halogenated alkanes) is 27. The summed E-state index contributed by atoms with van der Waals surface area (Å²) in [6, 6.07) is -0.807. The van der Waals surface area contributed by atoms with E-state index in [9.17, 15) is 30.3 Å². The van der Waals surface area contributed by atoms with Crippen molar-refractivity contribution in [3.63, 3.8) is 0 Å². The van der Waals surface area contributed by atoms with Gasteiger partial charge in [-0.05, 0) is 64.2 Å². The first-order chi connectivity index (χ1) is 33.3. The van der Waals surface area contributed by atoms with E-state index in [0.29, 0.717) is 6.42 Å². The van der Waals surface area contributed by atoms with Crippen LogP contribution in [-0.4, -0.2) is 87.5 Å². The van der Waals surface area contributed by atoms with Crippen molar-refractivity contribution in [3.8, 4) is 0 Å². The van der Waals surface area contributed by atoms with Gasteiger partial charge in [-0.3, -0.25) is 4.79 Å². The van der Waals surface area contributed by atoms with Gasteiger partial charge in [0.25, 0.3) is 0 Å². The largest absolute Gasteiger partial charge is 0.394 e. The molecule has 1 rings (SSSR count). The van der Waals surface area contributed by atoms with Crippen molar-refractivity contribution < 1.29 is 39.8 Å². The SMILES string of the molecule is CC/C=C\C/C=C\C/C=C\C/C=C\C/C=C\CCCCCCCCCCCCCCCCCC(=O)NC(COC1OC(CO)C(O)C(O)C1O)C(O)/C=C/CCCCCCCCCCCCCC. The van der Waals surface area contributed by atoms with E-state index < -0.39 is 49.5 Å². The monoisotopic (exact) mass is 956 g/mol. The lowest BCUT2D eigenvalue weighted by Crippen LogP contribution is -2.60. The van der Waals surface area contributed by atoms with Crippen LogP contribution in [0.1, 0.15) is 239 Å². The van der Waals surface area contributed by atoms with Gasteiger partial charge in [0, 0.05) is 6.42 Å². The molecule has 1 fully saturated rings. The summed E-state index contributed by atoms with van der Waals surface area (Å²) in [7, 11) is 0. The van der Waals surface area contributed by atoms with Crippen LogP contribution in [0.4, 0.5) is 0 Å². The van der Waals surface area contributed by atoms with Crippen molar-refractivity contribution in [3.05, 3.63) is 72.9 Å². The Hall–Kier alpha value is -2.37. The summed E-state index contributed by atoms with van der Waals surface area (Å²) in [5.74, 6) is -0.179. The number of amides is 1. The summed E-state index contributed by atoms with van der Waals surface area (Å²) >= 11 is 0.